The minimum absolute atomic E-state index is 0.0462. The number of benzene rings is 1. The Hall–Kier alpha value is -1.84. The van der Waals surface area contributed by atoms with Crippen molar-refractivity contribution in [2.75, 3.05) is 24.5 Å². The van der Waals surface area contributed by atoms with Crippen molar-refractivity contribution in [3.8, 4) is 0 Å². The third kappa shape index (κ3) is 3.84. The van der Waals surface area contributed by atoms with Gasteiger partial charge >= 0.3 is 0 Å². The van der Waals surface area contributed by atoms with Crippen LogP contribution in [-0.2, 0) is 9.59 Å². The first kappa shape index (κ1) is 15.5. The summed E-state index contributed by atoms with van der Waals surface area (Å²) in [4.78, 5) is 27.8. The Labute approximate surface area is 126 Å². The highest BCUT2D eigenvalue weighted by Crippen LogP contribution is 2.22. The van der Waals surface area contributed by atoms with Crippen LogP contribution < -0.4 is 4.90 Å². The molecule has 0 aromatic heterocycles. The Morgan fingerprint density at radius 3 is 2.38 bits per heavy atom. The van der Waals surface area contributed by atoms with E-state index >= 15 is 0 Å². The van der Waals surface area contributed by atoms with Gasteiger partial charge in [0.25, 0.3) is 0 Å². The van der Waals surface area contributed by atoms with Crippen LogP contribution in [0.2, 0.25) is 0 Å². The van der Waals surface area contributed by atoms with Gasteiger partial charge in [-0.05, 0) is 44.7 Å². The smallest absolute Gasteiger partial charge is 0.242 e. The molecule has 1 fully saturated rings. The molecule has 0 radical (unpaired) electrons. The molecule has 1 aliphatic heterocycles. The van der Waals surface area contributed by atoms with Crippen LogP contribution in [0.1, 0.15) is 37.3 Å². The summed E-state index contributed by atoms with van der Waals surface area (Å²) >= 11 is 0. The fraction of sp³-hybridized carbons (Fsp3) is 0.529. The molecule has 2 rings (SSSR count). The van der Waals surface area contributed by atoms with Crippen LogP contribution >= 0.6 is 0 Å². The van der Waals surface area contributed by atoms with E-state index in [0.29, 0.717) is 0 Å². The van der Waals surface area contributed by atoms with Crippen molar-refractivity contribution in [2.45, 2.75) is 40.0 Å². The second kappa shape index (κ2) is 6.74. The first-order chi connectivity index (χ1) is 9.99. The quantitative estimate of drug-likeness (QED) is 0.858. The normalized spacial score (nSPS) is 14.9. The number of anilines is 1. The summed E-state index contributed by atoms with van der Waals surface area (Å²) in [5.41, 5.74) is 3.01. The van der Waals surface area contributed by atoms with E-state index in [1.54, 1.807) is 4.90 Å². The Morgan fingerprint density at radius 2 is 1.81 bits per heavy atom. The van der Waals surface area contributed by atoms with E-state index in [0.717, 1.165) is 42.7 Å². The molecule has 1 aliphatic rings. The van der Waals surface area contributed by atoms with E-state index in [9.17, 15) is 9.59 Å². The summed E-state index contributed by atoms with van der Waals surface area (Å²) in [5, 5.41) is 0. The summed E-state index contributed by atoms with van der Waals surface area (Å²) in [7, 11) is 0. The molecule has 1 heterocycles. The Kier molecular flexibility index (Phi) is 4.99. The van der Waals surface area contributed by atoms with Crippen molar-refractivity contribution >= 4 is 17.5 Å². The first-order valence-corrected chi connectivity index (χ1v) is 7.62. The van der Waals surface area contributed by atoms with Crippen molar-refractivity contribution < 1.29 is 9.59 Å². The zero-order valence-corrected chi connectivity index (χ0v) is 13.2. The number of carbonyl (C=O) groups is 2. The molecule has 2 amide bonds. The van der Waals surface area contributed by atoms with E-state index in [1.165, 1.54) is 13.3 Å². The van der Waals surface area contributed by atoms with Crippen LogP contribution in [-0.4, -0.2) is 36.3 Å². The molecule has 1 aromatic carbocycles. The lowest BCUT2D eigenvalue weighted by atomic mass is 10.1. The maximum Gasteiger partial charge on any atom is 0.242 e. The van der Waals surface area contributed by atoms with Gasteiger partial charge in [-0.25, -0.2) is 0 Å². The lowest BCUT2D eigenvalue weighted by molar-refractivity contribution is -0.132. The van der Waals surface area contributed by atoms with Crippen LogP contribution in [0.4, 0.5) is 5.69 Å². The van der Waals surface area contributed by atoms with E-state index in [-0.39, 0.29) is 18.4 Å². The molecule has 1 aromatic rings. The topological polar surface area (TPSA) is 40.6 Å². The number of hydrogen-bond acceptors (Lipinski definition) is 2. The van der Waals surface area contributed by atoms with E-state index in [4.69, 9.17) is 0 Å². The first-order valence-electron chi connectivity index (χ1n) is 7.62. The zero-order valence-electron chi connectivity index (χ0n) is 13.2. The second-order valence-corrected chi connectivity index (χ2v) is 5.84. The van der Waals surface area contributed by atoms with Crippen LogP contribution in [0, 0.1) is 13.8 Å². The molecule has 4 nitrogen and oxygen atoms in total. The SMILES string of the molecule is CC(=O)N(CC(=O)N1CCCCC1)c1ccc(C)cc1C. The monoisotopic (exact) mass is 288 g/mol. The predicted octanol–water partition coefficient (Wildman–Crippen LogP) is 2.67. The highest BCUT2D eigenvalue weighted by Gasteiger charge is 2.22. The van der Waals surface area contributed by atoms with Crippen LogP contribution in [0.5, 0.6) is 0 Å². The van der Waals surface area contributed by atoms with Gasteiger partial charge in [0.1, 0.15) is 6.54 Å². The van der Waals surface area contributed by atoms with Gasteiger partial charge in [0.2, 0.25) is 11.8 Å². The number of carbonyl (C=O) groups excluding carboxylic acids is 2. The molecule has 0 spiro atoms. The number of piperidine rings is 1. The summed E-state index contributed by atoms with van der Waals surface area (Å²) in [6, 6.07) is 5.94. The fourth-order valence-corrected chi connectivity index (χ4v) is 2.85. The summed E-state index contributed by atoms with van der Waals surface area (Å²) < 4.78 is 0. The van der Waals surface area contributed by atoms with Crippen molar-refractivity contribution in [1.29, 1.82) is 0 Å². The lowest BCUT2D eigenvalue weighted by Gasteiger charge is -2.30. The van der Waals surface area contributed by atoms with Gasteiger partial charge in [-0.3, -0.25) is 9.59 Å². The molecule has 0 aliphatic carbocycles. The third-order valence-corrected chi connectivity index (χ3v) is 4.03. The maximum atomic E-state index is 12.4. The van der Waals surface area contributed by atoms with E-state index < -0.39 is 0 Å². The molecule has 0 atom stereocenters. The minimum Gasteiger partial charge on any atom is -0.341 e. The molecule has 21 heavy (non-hydrogen) atoms. The average molecular weight is 288 g/mol. The summed E-state index contributed by atoms with van der Waals surface area (Å²) in [5.74, 6) is -0.0443. The predicted molar refractivity (Wildman–Crippen MR) is 84.4 cm³/mol. The van der Waals surface area contributed by atoms with Gasteiger partial charge < -0.3 is 9.80 Å². The van der Waals surface area contributed by atoms with Gasteiger partial charge in [-0.15, -0.1) is 0 Å². The molecule has 0 unspecified atom stereocenters. The minimum atomic E-state index is -0.0905. The van der Waals surface area contributed by atoms with Crippen molar-refractivity contribution in [3.05, 3.63) is 29.3 Å². The summed E-state index contributed by atoms with van der Waals surface area (Å²) in [6.45, 7) is 7.29. The molecule has 1 saturated heterocycles. The highest BCUT2D eigenvalue weighted by molar-refractivity contribution is 5.98. The Bertz CT molecular complexity index is 534. The van der Waals surface area contributed by atoms with E-state index in [2.05, 4.69) is 0 Å². The molecule has 0 N–H and O–H groups in total. The number of hydrogen-bond donors (Lipinski definition) is 0. The molecule has 4 heteroatoms. The van der Waals surface area contributed by atoms with Crippen LogP contribution in [0.3, 0.4) is 0 Å². The van der Waals surface area contributed by atoms with Crippen molar-refractivity contribution in [3.63, 3.8) is 0 Å². The number of aryl methyl sites for hydroxylation is 2. The van der Waals surface area contributed by atoms with Crippen molar-refractivity contribution in [2.24, 2.45) is 0 Å². The third-order valence-electron chi connectivity index (χ3n) is 4.03. The second-order valence-electron chi connectivity index (χ2n) is 5.84. The molecular formula is C17H24N2O2. The zero-order chi connectivity index (χ0) is 15.4. The van der Waals surface area contributed by atoms with Gasteiger partial charge in [-0.2, -0.15) is 0 Å². The molecular weight excluding hydrogens is 264 g/mol. The van der Waals surface area contributed by atoms with Gasteiger partial charge in [0, 0.05) is 25.7 Å². The Morgan fingerprint density at radius 1 is 1.14 bits per heavy atom. The molecule has 0 bridgehead atoms. The van der Waals surface area contributed by atoms with Crippen LogP contribution in [0.15, 0.2) is 18.2 Å². The Balaban J connectivity index is 2.15. The van der Waals surface area contributed by atoms with Crippen molar-refractivity contribution in [1.82, 2.24) is 4.90 Å². The van der Waals surface area contributed by atoms with Gasteiger partial charge in [-0.1, -0.05) is 17.7 Å². The largest absolute Gasteiger partial charge is 0.341 e. The van der Waals surface area contributed by atoms with Gasteiger partial charge in [0.15, 0.2) is 0 Å². The standard InChI is InChI=1S/C17H24N2O2/c1-13-7-8-16(14(2)11-13)19(15(3)20)12-17(21)18-9-5-4-6-10-18/h7-8,11H,4-6,9-10,12H2,1-3H3. The number of nitrogens with zero attached hydrogens (tertiary/aromatic N) is 2. The van der Waals surface area contributed by atoms with Crippen LogP contribution in [0.25, 0.3) is 0 Å². The molecule has 114 valence electrons. The molecule has 0 saturated carbocycles. The number of likely N-dealkylation sites (tertiary alicyclic amines) is 1. The van der Waals surface area contributed by atoms with E-state index in [1.807, 2.05) is 36.9 Å². The fourth-order valence-electron chi connectivity index (χ4n) is 2.85. The lowest BCUT2D eigenvalue weighted by Crippen LogP contribution is -2.44. The highest BCUT2D eigenvalue weighted by atomic mass is 16.2. The number of amides is 2. The maximum absolute atomic E-state index is 12.4. The van der Waals surface area contributed by atoms with Gasteiger partial charge in [0.05, 0.1) is 0 Å². The number of rotatable bonds is 3. The summed E-state index contributed by atoms with van der Waals surface area (Å²) in [6.07, 6.45) is 3.32. The average Bonchev–Trinajstić information content (AvgIpc) is 2.46.